The van der Waals surface area contributed by atoms with Gasteiger partial charge < -0.3 is 4.90 Å². The van der Waals surface area contributed by atoms with Crippen LogP contribution < -0.4 is 4.90 Å². The molecule has 1 aromatic carbocycles. The summed E-state index contributed by atoms with van der Waals surface area (Å²) in [5.41, 5.74) is 3.26. The second kappa shape index (κ2) is 6.48. The number of aromatic nitrogens is 2. The molecule has 1 amide bonds. The Hall–Kier alpha value is -1.88. The molecule has 3 rings (SSSR count). The van der Waals surface area contributed by atoms with E-state index in [1.54, 1.807) is 0 Å². The first-order valence-electron chi connectivity index (χ1n) is 7.47. The van der Waals surface area contributed by atoms with Gasteiger partial charge in [-0.1, -0.05) is 30.0 Å². The van der Waals surface area contributed by atoms with Gasteiger partial charge in [0.1, 0.15) is 10.9 Å². The summed E-state index contributed by atoms with van der Waals surface area (Å²) < 4.78 is 0. The molecule has 0 spiro atoms. The molecule has 0 unspecified atom stereocenters. The summed E-state index contributed by atoms with van der Waals surface area (Å²) in [6, 6.07) is 10.1. The van der Waals surface area contributed by atoms with Crippen LogP contribution >= 0.6 is 11.8 Å². The minimum absolute atomic E-state index is 0.145. The second-order valence-corrected chi connectivity index (χ2v) is 6.46. The smallest absolute Gasteiger partial charge is 0.237 e. The van der Waals surface area contributed by atoms with E-state index in [9.17, 15) is 4.79 Å². The molecule has 0 saturated heterocycles. The standard InChI is InChI=1S/C17H19N3OS/c1-12-10-16(19-13(2)18-12)22-11-17(21)20-9-5-7-14-6-3-4-8-15(14)20/h3-4,6,8,10H,5,7,9,11H2,1-2H3. The molecule has 1 aliphatic rings. The van der Waals surface area contributed by atoms with Crippen LogP contribution in [0.2, 0.25) is 0 Å². The van der Waals surface area contributed by atoms with Gasteiger partial charge in [-0.3, -0.25) is 4.79 Å². The molecule has 114 valence electrons. The molecule has 5 heteroatoms. The number of nitrogens with zero attached hydrogens (tertiary/aromatic N) is 3. The number of anilines is 1. The summed E-state index contributed by atoms with van der Waals surface area (Å²) in [6.45, 7) is 4.62. The minimum atomic E-state index is 0.145. The Morgan fingerprint density at radius 3 is 2.91 bits per heavy atom. The number of hydrogen-bond acceptors (Lipinski definition) is 4. The number of hydrogen-bond donors (Lipinski definition) is 0. The van der Waals surface area contributed by atoms with Gasteiger partial charge in [-0.2, -0.15) is 0 Å². The van der Waals surface area contributed by atoms with Crippen molar-refractivity contribution in [2.45, 2.75) is 31.7 Å². The Kier molecular flexibility index (Phi) is 4.43. The van der Waals surface area contributed by atoms with E-state index in [0.29, 0.717) is 5.75 Å². The van der Waals surface area contributed by atoms with Crippen LogP contribution in [0.4, 0.5) is 5.69 Å². The van der Waals surface area contributed by atoms with Crippen molar-refractivity contribution in [2.75, 3.05) is 17.2 Å². The van der Waals surface area contributed by atoms with Crippen LogP contribution in [0.25, 0.3) is 0 Å². The number of fused-ring (bicyclic) bond motifs is 1. The Labute approximate surface area is 135 Å². The molecule has 1 aromatic heterocycles. The van der Waals surface area contributed by atoms with Crippen LogP contribution in [0, 0.1) is 13.8 Å². The average molecular weight is 313 g/mol. The lowest BCUT2D eigenvalue weighted by molar-refractivity contribution is -0.116. The molecule has 0 bridgehead atoms. The molecular weight excluding hydrogens is 294 g/mol. The monoisotopic (exact) mass is 313 g/mol. The van der Waals surface area contributed by atoms with Crippen molar-refractivity contribution in [3.05, 3.63) is 47.4 Å². The van der Waals surface area contributed by atoms with Gasteiger partial charge in [0.25, 0.3) is 0 Å². The maximum Gasteiger partial charge on any atom is 0.237 e. The van der Waals surface area contributed by atoms with Crippen molar-refractivity contribution < 1.29 is 4.79 Å². The van der Waals surface area contributed by atoms with E-state index >= 15 is 0 Å². The first-order chi connectivity index (χ1) is 10.6. The SMILES string of the molecule is Cc1cc(SCC(=O)N2CCCc3ccccc32)nc(C)n1. The number of para-hydroxylation sites is 1. The summed E-state index contributed by atoms with van der Waals surface area (Å²) in [7, 11) is 0. The van der Waals surface area contributed by atoms with Crippen LogP contribution in [0.15, 0.2) is 35.4 Å². The highest BCUT2D eigenvalue weighted by Crippen LogP contribution is 2.28. The highest BCUT2D eigenvalue weighted by Gasteiger charge is 2.22. The summed E-state index contributed by atoms with van der Waals surface area (Å²) in [5.74, 6) is 1.30. The van der Waals surface area contributed by atoms with Gasteiger partial charge in [-0.15, -0.1) is 0 Å². The molecule has 0 aliphatic carbocycles. The van der Waals surface area contributed by atoms with E-state index in [-0.39, 0.29) is 5.91 Å². The maximum absolute atomic E-state index is 12.6. The molecule has 2 heterocycles. The van der Waals surface area contributed by atoms with Gasteiger partial charge in [0.05, 0.1) is 5.75 Å². The fourth-order valence-corrected chi connectivity index (χ4v) is 3.64. The van der Waals surface area contributed by atoms with E-state index in [0.717, 1.165) is 41.6 Å². The van der Waals surface area contributed by atoms with Gasteiger partial charge >= 0.3 is 0 Å². The normalized spacial score (nSPS) is 13.8. The number of carbonyl (C=O) groups excluding carboxylic acids is 1. The van der Waals surface area contributed by atoms with Gasteiger partial charge in [0.2, 0.25) is 5.91 Å². The van der Waals surface area contributed by atoms with Crippen LogP contribution in [-0.2, 0) is 11.2 Å². The molecule has 22 heavy (non-hydrogen) atoms. The molecule has 0 saturated carbocycles. The van der Waals surface area contributed by atoms with Crippen molar-refractivity contribution in [3.63, 3.8) is 0 Å². The molecule has 0 atom stereocenters. The molecule has 0 radical (unpaired) electrons. The third kappa shape index (κ3) is 3.30. The minimum Gasteiger partial charge on any atom is -0.311 e. The number of amides is 1. The molecule has 4 nitrogen and oxygen atoms in total. The Balaban J connectivity index is 1.70. The van der Waals surface area contributed by atoms with Gasteiger partial charge in [-0.05, 0) is 44.4 Å². The average Bonchev–Trinajstić information content (AvgIpc) is 2.51. The van der Waals surface area contributed by atoms with E-state index in [1.807, 2.05) is 43.0 Å². The van der Waals surface area contributed by atoms with Crippen LogP contribution in [0.1, 0.15) is 23.5 Å². The van der Waals surface area contributed by atoms with E-state index in [4.69, 9.17) is 0 Å². The lowest BCUT2D eigenvalue weighted by Crippen LogP contribution is -2.36. The topological polar surface area (TPSA) is 46.1 Å². The highest BCUT2D eigenvalue weighted by atomic mass is 32.2. The quantitative estimate of drug-likeness (QED) is 0.645. The maximum atomic E-state index is 12.6. The molecule has 2 aromatic rings. The molecule has 1 aliphatic heterocycles. The Morgan fingerprint density at radius 2 is 2.09 bits per heavy atom. The van der Waals surface area contributed by atoms with Crippen molar-refractivity contribution in [1.82, 2.24) is 9.97 Å². The van der Waals surface area contributed by atoms with Crippen LogP contribution in [0.5, 0.6) is 0 Å². The third-order valence-electron chi connectivity index (χ3n) is 3.70. The van der Waals surface area contributed by atoms with Crippen LogP contribution in [0.3, 0.4) is 0 Å². The second-order valence-electron chi connectivity index (χ2n) is 5.46. The summed E-state index contributed by atoms with van der Waals surface area (Å²) in [5, 5.41) is 0.864. The largest absolute Gasteiger partial charge is 0.311 e. The predicted octanol–water partition coefficient (Wildman–Crippen LogP) is 3.16. The summed E-state index contributed by atoms with van der Waals surface area (Å²) >= 11 is 1.48. The lowest BCUT2D eigenvalue weighted by Gasteiger charge is -2.29. The van der Waals surface area contributed by atoms with Crippen LogP contribution in [-0.4, -0.2) is 28.2 Å². The van der Waals surface area contributed by atoms with E-state index in [2.05, 4.69) is 16.0 Å². The molecule has 0 fully saturated rings. The first kappa shape index (κ1) is 15.0. The van der Waals surface area contributed by atoms with Crippen molar-refractivity contribution in [3.8, 4) is 0 Å². The van der Waals surface area contributed by atoms with Crippen molar-refractivity contribution in [2.24, 2.45) is 0 Å². The zero-order valence-corrected chi connectivity index (χ0v) is 13.7. The fourth-order valence-electron chi connectivity index (χ4n) is 2.76. The Morgan fingerprint density at radius 1 is 1.27 bits per heavy atom. The zero-order chi connectivity index (χ0) is 15.5. The van der Waals surface area contributed by atoms with Gasteiger partial charge in [0, 0.05) is 17.9 Å². The van der Waals surface area contributed by atoms with Crippen molar-refractivity contribution in [1.29, 1.82) is 0 Å². The van der Waals surface area contributed by atoms with E-state index < -0.39 is 0 Å². The highest BCUT2D eigenvalue weighted by molar-refractivity contribution is 7.99. The number of thioether (sulfide) groups is 1. The lowest BCUT2D eigenvalue weighted by atomic mass is 10.0. The number of rotatable bonds is 3. The third-order valence-corrected chi connectivity index (χ3v) is 4.59. The Bertz CT molecular complexity index is 682. The first-order valence-corrected chi connectivity index (χ1v) is 8.45. The fraction of sp³-hybridized carbons (Fsp3) is 0.353. The number of benzene rings is 1. The molecule has 0 N–H and O–H groups in total. The van der Waals surface area contributed by atoms with Crippen molar-refractivity contribution >= 4 is 23.4 Å². The summed E-state index contributed by atoms with van der Waals surface area (Å²) in [4.78, 5) is 23.1. The number of aryl methyl sites for hydroxylation is 3. The predicted molar refractivity (Wildman–Crippen MR) is 89.3 cm³/mol. The van der Waals surface area contributed by atoms with E-state index in [1.165, 1.54) is 17.3 Å². The number of carbonyl (C=O) groups is 1. The molecular formula is C17H19N3OS. The van der Waals surface area contributed by atoms with Gasteiger partial charge in [-0.25, -0.2) is 9.97 Å². The summed E-state index contributed by atoms with van der Waals surface area (Å²) in [6.07, 6.45) is 2.08. The van der Waals surface area contributed by atoms with Gasteiger partial charge in [0.15, 0.2) is 0 Å². The zero-order valence-electron chi connectivity index (χ0n) is 12.9.